The van der Waals surface area contributed by atoms with Crippen LogP contribution in [0.1, 0.15) is 26.5 Å². The monoisotopic (exact) mass is 360 g/mol. The number of hydrogen-bond acceptors (Lipinski definition) is 2. The van der Waals surface area contributed by atoms with E-state index in [0.717, 1.165) is 15.4 Å². The van der Waals surface area contributed by atoms with Crippen molar-refractivity contribution in [1.29, 1.82) is 0 Å². The van der Waals surface area contributed by atoms with E-state index in [1.165, 1.54) is 33.5 Å². The summed E-state index contributed by atoms with van der Waals surface area (Å²) in [5, 5.41) is 5.29. The van der Waals surface area contributed by atoms with Crippen molar-refractivity contribution in [2.24, 2.45) is 0 Å². The Labute approximate surface area is 156 Å². The fraction of sp³-hybridized carbons (Fsp3) is 0.136. The largest absolute Gasteiger partial charge is 0.347 e. The van der Waals surface area contributed by atoms with Crippen LogP contribution in [0.4, 0.5) is 0 Å². The molecule has 4 rings (SSSR count). The topological polar surface area (TPSA) is 34.0 Å². The molecule has 26 heavy (non-hydrogen) atoms. The van der Waals surface area contributed by atoms with Crippen molar-refractivity contribution in [2.45, 2.75) is 20.4 Å². The van der Waals surface area contributed by atoms with Crippen LogP contribution in [0.3, 0.4) is 0 Å². The zero-order valence-electron chi connectivity index (χ0n) is 14.8. The van der Waals surface area contributed by atoms with E-state index in [9.17, 15) is 4.79 Å². The summed E-state index contributed by atoms with van der Waals surface area (Å²) in [6, 6.07) is 22.6. The van der Waals surface area contributed by atoms with E-state index in [4.69, 9.17) is 0 Å². The van der Waals surface area contributed by atoms with Gasteiger partial charge in [0.2, 0.25) is 0 Å². The molecule has 0 aliphatic heterocycles. The molecule has 0 spiro atoms. The predicted octanol–water partition coefficient (Wildman–Crippen LogP) is 5.24. The van der Waals surface area contributed by atoms with Gasteiger partial charge in [0.25, 0.3) is 5.91 Å². The van der Waals surface area contributed by atoms with Crippen LogP contribution < -0.4 is 5.32 Å². The Bertz CT molecular complexity index is 1090. The van der Waals surface area contributed by atoms with Gasteiger partial charge in [0.15, 0.2) is 0 Å². The molecule has 0 aliphatic carbocycles. The Hall–Kier alpha value is -2.85. The van der Waals surface area contributed by atoms with E-state index in [-0.39, 0.29) is 5.91 Å². The molecule has 4 aromatic rings. The van der Waals surface area contributed by atoms with Gasteiger partial charge in [-0.25, -0.2) is 0 Å². The molecular weight excluding hydrogens is 340 g/mol. The average molecular weight is 360 g/mol. The third kappa shape index (κ3) is 3.16. The van der Waals surface area contributed by atoms with Crippen molar-refractivity contribution in [3.8, 4) is 5.00 Å². The molecule has 2 aromatic carbocycles. The highest BCUT2D eigenvalue weighted by Crippen LogP contribution is 2.28. The number of carbonyl (C=O) groups excluding carboxylic acids is 1. The lowest BCUT2D eigenvalue weighted by Gasteiger charge is -2.06. The molecule has 0 atom stereocenters. The molecule has 2 heterocycles. The number of aryl methyl sites for hydroxylation is 2. The molecule has 130 valence electrons. The number of para-hydroxylation sites is 1. The minimum atomic E-state index is -0.0307. The van der Waals surface area contributed by atoms with Crippen LogP contribution in [-0.4, -0.2) is 10.5 Å². The highest BCUT2D eigenvalue weighted by molar-refractivity contribution is 7.16. The molecule has 0 radical (unpaired) electrons. The Morgan fingerprint density at radius 1 is 1.00 bits per heavy atom. The third-order valence-electron chi connectivity index (χ3n) is 4.47. The Balaban J connectivity index is 1.55. The maximum absolute atomic E-state index is 12.5. The van der Waals surface area contributed by atoms with Crippen LogP contribution in [0.15, 0.2) is 66.7 Å². The van der Waals surface area contributed by atoms with Crippen LogP contribution in [-0.2, 0) is 6.54 Å². The number of aromatic nitrogens is 1. The second-order valence-corrected chi connectivity index (χ2v) is 7.55. The summed E-state index contributed by atoms with van der Waals surface area (Å²) in [6.07, 6.45) is 0. The fourth-order valence-corrected chi connectivity index (χ4v) is 4.24. The zero-order valence-corrected chi connectivity index (χ0v) is 15.6. The minimum absolute atomic E-state index is 0.0307. The fourth-order valence-electron chi connectivity index (χ4n) is 3.25. The van der Waals surface area contributed by atoms with Crippen molar-refractivity contribution in [2.75, 3.05) is 0 Å². The lowest BCUT2D eigenvalue weighted by atomic mass is 10.1. The summed E-state index contributed by atoms with van der Waals surface area (Å²) in [7, 11) is 0. The van der Waals surface area contributed by atoms with Gasteiger partial charge in [-0.2, -0.15) is 0 Å². The van der Waals surface area contributed by atoms with Crippen LogP contribution >= 0.6 is 11.3 Å². The summed E-state index contributed by atoms with van der Waals surface area (Å²) in [6.45, 7) is 4.69. The number of benzene rings is 2. The summed E-state index contributed by atoms with van der Waals surface area (Å²) in [5.74, 6) is -0.0307. The van der Waals surface area contributed by atoms with E-state index in [1.807, 2.05) is 36.4 Å². The van der Waals surface area contributed by atoms with Crippen molar-refractivity contribution in [1.82, 2.24) is 9.88 Å². The molecule has 1 amide bonds. The first-order chi connectivity index (χ1) is 12.6. The first-order valence-corrected chi connectivity index (χ1v) is 9.44. The van der Waals surface area contributed by atoms with Crippen molar-refractivity contribution >= 4 is 28.1 Å². The number of fused-ring (bicyclic) bond motifs is 1. The van der Waals surface area contributed by atoms with Gasteiger partial charge in [0.1, 0.15) is 5.00 Å². The number of nitrogens with zero attached hydrogens (tertiary/aromatic N) is 1. The van der Waals surface area contributed by atoms with Crippen molar-refractivity contribution in [3.63, 3.8) is 0 Å². The Morgan fingerprint density at radius 3 is 2.69 bits per heavy atom. The molecule has 2 aromatic heterocycles. The average Bonchev–Trinajstić information content (AvgIpc) is 3.23. The van der Waals surface area contributed by atoms with E-state index in [1.54, 1.807) is 0 Å². The molecular formula is C22H20N2OS. The Morgan fingerprint density at radius 2 is 1.85 bits per heavy atom. The van der Waals surface area contributed by atoms with Crippen LogP contribution in [0.5, 0.6) is 0 Å². The summed E-state index contributed by atoms with van der Waals surface area (Å²) in [5.41, 5.74) is 4.64. The van der Waals surface area contributed by atoms with Crippen LogP contribution in [0.25, 0.3) is 15.9 Å². The maximum atomic E-state index is 12.5. The Kier molecular flexibility index (Phi) is 4.35. The molecule has 0 unspecified atom stereocenters. The van der Waals surface area contributed by atoms with E-state index in [2.05, 4.69) is 54.1 Å². The van der Waals surface area contributed by atoms with E-state index < -0.39 is 0 Å². The second kappa shape index (κ2) is 6.81. The first kappa shape index (κ1) is 16.6. The van der Waals surface area contributed by atoms with Crippen molar-refractivity contribution < 1.29 is 4.79 Å². The molecule has 0 fully saturated rings. The predicted molar refractivity (Wildman–Crippen MR) is 108 cm³/mol. The van der Waals surface area contributed by atoms with Gasteiger partial charge in [-0.1, -0.05) is 48.0 Å². The standard InChI is InChI=1S/C22H20N2OS/c1-15-6-5-7-17(12-15)14-23-22(25)20-10-11-21(26-20)24-16(2)13-18-8-3-4-9-19(18)24/h3-13H,14H2,1-2H3,(H,23,25). The highest BCUT2D eigenvalue weighted by atomic mass is 32.1. The number of nitrogens with one attached hydrogen (secondary N) is 1. The van der Waals surface area contributed by atoms with Crippen molar-refractivity contribution in [3.05, 3.63) is 88.4 Å². The molecule has 1 N–H and O–H groups in total. The van der Waals surface area contributed by atoms with Crippen LogP contribution in [0.2, 0.25) is 0 Å². The molecule has 0 aliphatic rings. The van der Waals surface area contributed by atoms with Gasteiger partial charge in [-0.05, 0) is 43.7 Å². The lowest BCUT2D eigenvalue weighted by molar-refractivity contribution is 0.0955. The first-order valence-electron chi connectivity index (χ1n) is 8.63. The quantitative estimate of drug-likeness (QED) is 0.531. The smallest absolute Gasteiger partial charge is 0.261 e. The van der Waals surface area contributed by atoms with E-state index >= 15 is 0 Å². The number of amides is 1. The van der Waals surface area contributed by atoms with Gasteiger partial charge in [0.05, 0.1) is 10.4 Å². The van der Waals surface area contributed by atoms with Gasteiger partial charge >= 0.3 is 0 Å². The third-order valence-corrected chi connectivity index (χ3v) is 5.54. The normalized spacial score (nSPS) is 11.0. The molecule has 0 saturated heterocycles. The molecule has 0 bridgehead atoms. The summed E-state index contributed by atoms with van der Waals surface area (Å²) < 4.78 is 2.21. The minimum Gasteiger partial charge on any atom is -0.347 e. The molecule has 3 nitrogen and oxygen atoms in total. The number of carbonyl (C=O) groups is 1. The zero-order chi connectivity index (χ0) is 18.1. The lowest BCUT2D eigenvalue weighted by Crippen LogP contribution is -2.21. The maximum Gasteiger partial charge on any atom is 0.261 e. The molecule has 0 saturated carbocycles. The number of hydrogen-bond donors (Lipinski definition) is 1. The second-order valence-electron chi connectivity index (χ2n) is 6.49. The summed E-state index contributed by atoms with van der Waals surface area (Å²) >= 11 is 1.52. The van der Waals surface area contributed by atoms with E-state index in [0.29, 0.717) is 6.54 Å². The van der Waals surface area contributed by atoms with Gasteiger partial charge in [-0.3, -0.25) is 4.79 Å². The summed E-state index contributed by atoms with van der Waals surface area (Å²) in [4.78, 5) is 13.3. The number of rotatable bonds is 4. The SMILES string of the molecule is Cc1cccc(CNC(=O)c2ccc(-n3c(C)cc4ccccc43)s2)c1. The highest BCUT2D eigenvalue weighted by Gasteiger charge is 2.13. The molecule has 4 heteroatoms. The van der Waals surface area contributed by atoms with Gasteiger partial charge < -0.3 is 9.88 Å². The van der Waals surface area contributed by atoms with Crippen LogP contribution in [0, 0.1) is 13.8 Å². The van der Waals surface area contributed by atoms with Gasteiger partial charge in [0, 0.05) is 17.6 Å². The number of thiophene rings is 1. The van der Waals surface area contributed by atoms with Gasteiger partial charge in [-0.15, -0.1) is 11.3 Å².